The first kappa shape index (κ1) is 15.9. The van der Waals surface area contributed by atoms with E-state index in [9.17, 15) is 13.6 Å². The SMILES string of the molecule is O=C(c1sccc1OC(F)F)N1CCO[C@@H](c2ccccc2)C1. The zero-order chi connectivity index (χ0) is 16.2. The number of hydrogen-bond acceptors (Lipinski definition) is 4. The van der Waals surface area contributed by atoms with Crippen LogP contribution in [0.5, 0.6) is 5.75 Å². The van der Waals surface area contributed by atoms with Crippen molar-refractivity contribution in [1.29, 1.82) is 0 Å². The van der Waals surface area contributed by atoms with Gasteiger partial charge < -0.3 is 14.4 Å². The van der Waals surface area contributed by atoms with Gasteiger partial charge in [-0.1, -0.05) is 30.3 Å². The average Bonchev–Trinajstić information content (AvgIpc) is 3.02. The molecule has 1 aromatic carbocycles. The number of nitrogens with zero attached hydrogens (tertiary/aromatic N) is 1. The summed E-state index contributed by atoms with van der Waals surface area (Å²) in [5.74, 6) is -0.377. The summed E-state index contributed by atoms with van der Waals surface area (Å²) in [7, 11) is 0. The summed E-state index contributed by atoms with van der Waals surface area (Å²) >= 11 is 1.10. The molecule has 1 fully saturated rings. The van der Waals surface area contributed by atoms with Crippen molar-refractivity contribution in [3.8, 4) is 5.75 Å². The first-order valence-electron chi connectivity index (χ1n) is 7.13. The molecule has 0 unspecified atom stereocenters. The van der Waals surface area contributed by atoms with Crippen LogP contribution in [0.15, 0.2) is 41.8 Å². The van der Waals surface area contributed by atoms with E-state index in [1.165, 1.54) is 6.07 Å². The maximum atomic E-state index is 12.6. The average molecular weight is 339 g/mol. The molecule has 1 aromatic heterocycles. The number of carbonyl (C=O) groups excluding carboxylic acids is 1. The standard InChI is InChI=1S/C16H15F2NO3S/c17-16(18)22-12-6-9-23-14(12)15(20)19-7-8-21-13(10-19)11-4-2-1-3-5-11/h1-6,9,13,16H,7-8,10H2/t13-/m1/s1. The summed E-state index contributed by atoms with van der Waals surface area (Å²) < 4.78 is 34.9. The molecule has 2 aromatic rings. The Labute approximate surface area is 136 Å². The summed E-state index contributed by atoms with van der Waals surface area (Å²) in [5, 5.41) is 1.57. The van der Waals surface area contributed by atoms with E-state index in [1.807, 2.05) is 30.3 Å². The van der Waals surface area contributed by atoms with Crippen LogP contribution in [0.1, 0.15) is 21.3 Å². The highest BCUT2D eigenvalue weighted by atomic mass is 32.1. The van der Waals surface area contributed by atoms with Gasteiger partial charge in [0, 0.05) is 6.54 Å². The van der Waals surface area contributed by atoms with Crippen molar-refractivity contribution in [3.05, 3.63) is 52.2 Å². The molecule has 4 nitrogen and oxygen atoms in total. The fourth-order valence-electron chi connectivity index (χ4n) is 2.49. The smallest absolute Gasteiger partial charge is 0.387 e. The molecule has 2 heterocycles. The van der Waals surface area contributed by atoms with Crippen molar-refractivity contribution < 1.29 is 23.0 Å². The molecule has 23 heavy (non-hydrogen) atoms. The molecular weight excluding hydrogens is 324 g/mol. The van der Waals surface area contributed by atoms with Gasteiger partial charge in [0.05, 0.1) is 13.2 Å². The van der Waals surface area contributed by atoms with Gasteiger partial charge in [-0.3, -0.25) is 4.79 Å². The molecule has 0 radical (unpaired) electrons. The Morgan fingerprint density at radius 3 is 2.83 bits per heavy atom. The van der Waals surface area contributed by atoms with E-state index < -0.39 is 6.61 Å². The van der Waals surface area contributed by atoms with Crippen molar-refractivity contribution in [2.24, 2.45) is 0 Å². The highest BCUT2D eigenvalue weighted by molar-refractivity contribution is 7.12. The Balaban J connectivity index is 1.74. The zero-order valence-corrected chi connectivity index (χ0v) is 13.0. The molecule has 0 aliphatic carbocycles. The molecule has 122 valence electrons. The van der Waals surface area contributed by atoms with E-state index in [4.69, 9.17) is 4.74 Å². The lowest BCUT2D eigenvalue weighted by molar-refractivity contribution is -0.0504. The van der Waals surface area contributed by atoms with Gasteiger partial charge in [0.25, 0.3) is 5.91 Å². The largest absolute Gasteiger partial charge is 0.433 e. The Hall–Kier alpha value is -1.99. The van der Waals surface area contributed by atoms with Gasteiger partial charge in [-0.2, -0.15) is 8.78 Å². The Bertz CT molecular complexity index is 662. The Morgan fingerprint density at radius 2 is 2.09 bits per heavy atom. The second-order valence-electron chi connectivity index (χ2n) is 5.01. The minimum Gasteiger partial charge on any atom is -0.433 e. The first-order valence-corrected chi connectivity index (χ1v) is 8.01. The lowest BCUT2D eigenvalue weighted by Crippen LogP contribution is -2.42. The van der Waals surface area contributed by atoms with Gasteiger partial charge >= 0.3 is 6.61 Å². The molecule has 3 rings (SSSR count). The Kier molecular flexibility index (Phi) is 4.88. The maximum Gasteiger partial charge on any atom is 0.387 e. The number of rotatable bonds is 4. The quantitative estimate of drug-likeness (QED) is 0.855. The second-order valence-corrected chi connectivity index (χ2v) is 5.93. The van der Waals surface area contributed by atoms with Crippen molar-refractivity contribution in [3.63, 3.8) is 0 Å². The number of halogens is 2. The minimum absolute atomic E-state index is 0.0715. The van der Waals surface area contributed by atoms with Crippen LogP contribution in [-0.2, 0) is 4.74 Å². The molecule has 0 N–H and O–H groups in total. The molecule has 1 aliphatic rings. The maximum absolute atomic E-state index is 12.6. The fraction of sp³-hybridized carbons (Fsp3) is 0.312. The van der Waals surface area contributed by atoms with Crippen LogP contribution in [0.4, 0.5) is 8.78 Å². The van der Waals surface area contributed by atoms with Crippen LogP contribution in [0.25, 0.3) is 0 Å². The van der Waals surface area contributed by atoms with E-state index in [0.29, 0.717) is 19.7 Å². The summed E-state index contributed by atoms with van der Waals surface area (Å²) in [6.07, 6.45) is -0.215. The molecule has 0 spiro atoms. The third-order valence-corrected chi connectivity index (χ3v) is 4.45. The number of thiophene rings is 1. The fourth-order valence-corrected chi connectivity index (χ4v) is 3.28. The number of alkyl halides is 2. The van der Waals surface area contributed by atoms with Gasteiger partial charge in [0.2, 0.25) is 0 Å². The highest BCUT2D eigenvalue weighted by Gasteiger charge is 2.28. The van der Waals surface area contributed by atoms with Crippen molar-refractivity contribution in [1.82, 2.24) is 4.90 Å². The van der Waals surface area contributed by atoms with Gasteiger partial charge in [0.15, 0.2) is 0 Å². The monoisotopic (exact) mass is 339 g/mol. The third-order valence-electron chi connectivity index (χ3n) is 3.56. The van der Waals surface area contributed by atoms with Crippen LogP contribution in [-0.4, -0.2) is 37.1 Å². The molecule has 7 heteroatoms. The number of carbonyl (C=O) groups is 1. The number of morpholine rings is 1. The second kappa shape index (κ2) is 7.06. The number of benzene rings is 1. The third kappa shape index (κ3) is 3.68. The molecule has 0 saturated carbocycles. The van der Waals surface area contributed by atoms with Gasteiger partial charge in [-0.05, 0) is 17.0 Å². The van der Waals surface area contributed by atoms with Crippen LogP contribution in [0, 0.1) is 0 Å². The summed E-state index contributed by atoms with van der Waals surface area (Å²) in [6, 6.07) is 11.0. The van der Waals surface area contributed by atoms with Crippen molar-refractivity contribution in [2.45, 2.75) is 12.7 Å². The van der Waals surface area contributed by atoms with Crippen LogP contribution < -0.4 is 4.74 Å². The van der Waals surface area contributed by atoms with Crippen LogP contribution in [0.2, 0.25) is 0 Å². The van der Waals surface area contributed by atoms with Crippen LogP contribution in [0.3, 0.4) is 0 Å². The van der Waals surface area contributed by atoms with E-state index in [-0.39, 0.29) is 22.6 Å². The highest BCUT2D eigenvalue weighted by Crippen LogP contribution is 2.30. The molecule has 1 aliphatic heterocycles. The van der Waals surface area contributed by atoms with E-state index in [2.05, 4.69) is 4.74 Å². The van der Waals surface area contributed by atoms with Crippen molar-refractivity contribution in [2.75, 3.05) is 19.7 Å². The van der Waals surface area contributed by atoms with Crippen LogP contribution >= 0.6 is 11.3 Å². The lowest BCUT2D eigenvalue weighted by Gasteiger charge is -2.33. The van der Waals surface area contributed by atoms with Gasteiger partial charge in [-0.25, -0.2) is 0 Å². The molecular formula is C16H15F2NO3S. The molecule has 1 atom stereocenters. The minimum atomic E-state index is -2.95. The molecule has 0 bridgehead atoms. The first-order chi connectivity index (χ1) is 11.1. The normalized spacial score (nSPS) is 18.2. The van der Waals surface area contributed by atoms with E-state index in [1.54, 1.807) is 10.3 Å². The van der Waals surface area contributed by atoms with E-state index in [0.717, 1.165) is 16.9 Å². The van der Waals surface area contributed by atoms with Gasteiger partial charge in [-0.15, -0.1) is 11.3 Å². The molecule has 1 amide bonds. The summed E-state index contributed by atoms with van der Waals surface area (Å²) in [4.78, 5) is 14.4. The number of ether oxygens (including phenoxy) is 2. The predicted octanol–water partition coefficient (Wildman–Crippen LogP) is 3.56. The van der Waals surface area contributed by atoms with Gasteiger partial charge in [0.1, 0.15) is 16.7 Å². The van der Waals surface area contributed by atoms with Crippen molar-refractivity contribution >= 4 is 17.2 Å². The molecule has 1 saturated heterocycles. The summed E-state index contributed by atoms with van der Waals surface area (Å²) in [5.41, 5.74) is 0.986. The Morgan fingerprint density at radius 1 is 1.30 bits per heavy atom. The number of amides is 1. The predicted molar refractivity (Wildman–Crippen MR) is 82.0 cm³/mol. The summed E-state index contributed by atoms with van der Waals surface area (Å²) in [6.45, 7) is -1.73. The lowest BCUT2D eigenvalue weighted by atomic mass is 10.1. The zero-order valence-electron chi connectivity index (χ0n) is 12.2. The number of hydrogen-bond donors (Lipinski definition) is 0. The topological polar surface area (TPSA) is 38.8 Å². The van der Waals surface area contributed by atoms with E-state index >= 15 is 0 Å².